The number of hydrogen-bond acceptors (Lipinski definition) is 2. The van der Waals surface area contributed by atoms with E-state index in [9.17, 15) is 4.79 Å². The van der Waals surface area contributed by atoms with Gasteiger partial charge in [0.05, 0.1) is 0 Å². The molecule has 2 aromatic rings. The Hall–Kier alpha value is -3.04. The molecule has 0 aliphatic carbocycles. The molecular weight excluding hydrogens is 278 g/mol. The molecule has 1 amide bonds. The van der Waals surface area contributed by atoms with Crippen LogP contribution >= 0.6 is 0 Å². The third kappa shape index (κ3) is 4.23. The maximum atomic E-state index is 11.2. The van der Waals surface area contributed by atoms with Crippen LogP contribution in [0.1, 0.15) is 16.7 Å². The first-order valence-electron chi connectivity index (χ1n) is 6.74. The highest BCUT2D eigenvalue weighted by molar-refractivity contribution is 5.92. The first-order valence-corrected chi connectivity index (χ1v) is 6.74. The monoisotopic (exact) mass is 293 g/mol. The molecule has 0 saturated heterocycles. The second-order valence-corrected chi connectivity index (χ2v) is 4.63. The summed E-state index contributed by atoms with van der Waals surface area (Å²) >= 11 is 0. The number of hydrogen-bond donors (Lipinski definition) is 0. The molecule has 2 aromatic carbocycles. The molecule has 0 aliphatic heterocycles. The van der Waals surface area contributed by atoms with Crippen LogP contribution in [0.5, 0.6) is 5.75 Å². The van der Waals surface area contributed by atoms with E-state index >= 15 is 0 Å². The van der Waals surface area contributed by atoms with Gasteiger partial charge in [0, 0.05) is 10.5 Å². The van der Waals surface area contributed by atoms with Gasteiger partial charge in [0.25, 0.3) is 0 Å². The number of carbonyl (C=O) groups is 1. The minimum atomic E-state index is -0.641. The highest BCUT2D eigenvalue weighted by Crippen LogP contribution is 2.25. The Morgan fingerprint density at radius 1 is 1.23 bits per heavy atom. The van der Waals surface area contributed by atoms with Crippen molar-refractivity contribution in [3.05, 3.63) is 81.7 Å². The third-order valence-corrected chi connectivity index (χ3v) is 3.02. The Morgan fingerprint density at radius 2 is 2.00 bits per heavy atom. The van der Waals surface area contributed by atoms with Crippen LogP contribution in [0.3, 0.4) is 0 Å². The van der Waals surface area contributed by atoms with E-state index in [1.165, 1.54) is 6.08 Å². The zero-order valence-corrected chi connectivity index (χ0v) is 12.1. The summed E-state index contributed by atoms with van der Waals surface area (Å²) in [5.74, 6) is 0.0642. The van der Waals surface area contributed by atoms with Gasteiger partial charge >= 0.3 is 0 Å². The maximum absolute atomic E-state index is 11.2. The fourth-order valence-electron chi connectivity index (χ4n) is 1.97. The van der Waals surface area contributed by atoms with Gasteiger partial charge in [0.2, 0.25) is 5.91 Å². The van der Waals surface area contributed by atoms with Gasteiger partial charge in [0.15, 0.2) is 0 Å². The summed E-state index contributed by atoms with van der Waals surface area (Å²) < 4.78 is 5.88. The van der Waals surface area contributed by atoms with E-state index in [4.69, 9.17) is 10.3 Å². The average molecular weight is 293 g/mol. The lowest BCUT2D eigenvalue weighted by molar-refractivity contribution is -0.113. The highest BCUT2D eigenvalue weighted by Gasteiger charge is 2.05. The van der Waals surface area contributed by atoms with Crippen LogP contribution in [0.15, 0.2) is 59.7 Å². The smallest absolute Gasteiger partial charge is 0.242 e. The van der Waals surface area contributed by atoms with E-state index in [0.29, 0.717) is 12.4 Å². The van der Waals surface area contributed by atoms with Gasteiger partial charge in [0.1, 0.15) is 12.4 Å². The number of para-hydroxylation sites is 1. The molecule has 22 heavy (non-hydrogen) atoms. The third-order valence-electron chi connectivity index (χ3n) is 3.02. The van der Waals surface area contributed by atoms with Gasteiger partial charge in [-0.3, -0.25) is 4.79 Å². The second-order valence-electron chi connectivity index (χ2n) is 4.63. The largest absolute Gasteiger partial charge is 0.488 e. The molecule has 2 rings (SSSR count). The second kappa shape index (κ2) is 7.67. The maximum Gasteiger partial charge on any atom is 0.242 e. The summed E-state index contributed by atoms with van der Waals surface area (Å²) in [5.41, 5.74) is 11.0. The van der Waals surface area contributed by atoms with Gasteiger partial charge in [-0.2, -0.15) is 0 Å². The van der Waals surface area contributed by atoms with Crippen molar-refractivity contribution in [2.24, 2.45) is 5.11 Å². The number of ether oxygens (including phenoxy) is 1. The molecule has 110 valence electrons. The molecule has 0 aliphatic rings. The molecule has 5 heteroatoms. The number of amides is 1. The molecule has 0 radical (unpaired) electrons. The van der Waals surface area contributed by atoms with Crippen molar-refractivity contribution in [2.75, 3.05) is 0 Å². The van der Waals surface area contributed by atoms with Crippen LogP contribution in [-0.2, 0) is 11.4 Å². The minimum Gasteiger partial charge on any atom is -0.488 e. The van der Waals surface area contributed by atoms with E-state index in [1.807, 2.05) is 55.5 Å². The quantitative estimate of drug-likeness (QED) is 0.354. The van der Waals surface area contributed by atoms with E-state index in [1.54, 1.807) is 6.08 Å². The SMILES string of the molecule is Cc1cccc(/C=C/C(=O)N=[N+]=[N-])c1OCc1ccccc1. The lowest BCUT2D eigenvalue weighted by atomic mass is 10.1. The number of rotatable bonds is 5. The Labute approximate surface area is 128 Å². The summed E-state index contributed by atoms with van der Waals surface area (Å²) in [6.45, 7) is 2.38. The zero-order valence-electron chi connectivity index (χ0n) is 12.1. The number of azide groups is 1. The van der Waals surface area contributed by atoms with Gasteiger partial charge < -0.3 is 4.74 Å². The van der Waals surface area contributed by atoms with Crippen LogP contribution in [-0.4, -0.2) is 5.91 Å². The number of aryl methyl sites for hydroxylation is 1. The van der Waals surface area contributed by atoms with Crippen LogP contribution < -0.4 is 4.74 Å². The van der Waals surface area contributed by atoms with Crippen molar-refractivity contribution in [1.82, 2.24) is 0 Å². The molecule has 0 aromatic heterocycles. The van der Waals surface area contributed by atoms with Gasteiger partial charge in [-0.05, 0) is 40.8 Å². The molecular formula is C17H15N3O2. The summed E-state index contributed by atoms with van der Waals surface area (Å²) in [6.07, 6.45) is 2.81. The predicted octanol–water partition coefficient (Wildman–Crippen LogP) is 4.42. The minimum absolute atomic E-state index is 0.441. The molecule has 0 N–H and O–H groups in total. The Kier molecular flexibility index (Phi) is 5.35. The van der Waals surface area contributed by atoms with E-state index < -0.39 is 5.91 Å². The molecule has 0 bridgehead atoms. The topological polar surface area (TPSA) is 75.1 Å². The Bertz CT molecular complexity index is 733. The van der Waals surface area contributed by atoms with Crippen molar-refractivity contribution in [3.8, 4) is 5.75 Å². The van der Waals surface area contributed by atoms with Gasteiger partial charge in [-0.1, -0.05) is 48.5 Å². The zero-order chi connectivity index (χ0) is 15.8. The van der Waals surface area contributed by atoms with Crippen LogP contribution in [0.2, 0.25) is 0 Å². The van der Waals surface area contributed by atoms with Crippen LogP contribution in [0.4, 0.5) is 0 Å². The van der Waals surface area contributed by atoms with Crippen molar-refractivity contribution in [2.45, 2.75) is 13.5 Å². The Morgan fingerprint density at radius 3 is 2.73 bits per heavy atom. The van der Waals surface area contributed by atoms with E-state index in [2.05, 4.69) is 10.0 Å². The lowest BCUT2D eigenvalue weighted by Gasteiger charge is -2.12. The summed E-state index contributed by atoms with van der Waals surface area (Å²) in [7, 11) is 0. The Balaban J connectivity index is 2.19. The predicted molar refractivity (Wildman–Crippen MR) is 85.1 cm³/mol. The highest BCUT2D eigenvalue weighted by atomic mass is 16.5. The fraction of sp³-hybridized carbons (Fsp3) is 0.118. The summed E-state index contributed by atoms with van der Waals surface area (Å²) in [6, 6.07) is 15.5. The lowest BCUT2D eigenvalue weighted by Crippen LogP contribution is -1.98. The average Bonchev–Trinajstić information content (AvgIpc) is 2.53. The molecule has 0 heterocycles. The fourth-order valence-corrected chi connectivity index (χ4v) is 1.97. The van der Waals surface area contributed by atoms with Crippen molar-refractivity contribution >= 4 is 12.0 Å². The standard InChI is InChI=1S/C17H15N3O2/c1-13-6-5-9-15(10-11-16(21)19-20-18)17(13)22-12-14-7-3-2-4-8-14/h2-11H,12H2,1H3/b11-10+. The van der Waals surface area contributed by atoms with Crippen molar-refractivity contribution in [1.29, 1.82) is 0 Å². The van der Waals surface area contributed by atoms with Crippen molar-refractivity contribution in [3.63, 3.8) is 0 Å². The van der Waals surface area contributed by atoms with E-state index in [0.717, 1.165) is 16.7 Å². The molecule has 0 fully saturated rings. The first kappa shape index (κ1) is 15.4. The van der Waals surface area contributed by atoms with Crippen molar-refractivity contribution < 1.29 is 9.53 Å². The van der Waals surface area contributed by atoms with Crippen LogP contribution in [0, 0.1) is 6.92 Å². The molecule has 0 unspecified atom stereocenters. The number of carbonyl (C=O) groups excluding carboxylic acids is 1. The normalized spacial score (nSPS) is 10.2. The number of nitrogens with zero attached hydrogens (tertiary/aromatic N) is 3. The van der Waals surface area contributed by atoms with E-state index in [-0.39, 0.29) is 0 Å². The first-order chi connectivity index (χ1) is 10.7. The number of benzene rings is 2. The molecule has 0 saturated carbocycles. The summed E-state index contributed by atoms with van der Waals surface area (Å²) in [5, 5.41) is 3.00. The molecule has 0 spiro atoms. The van der Waals surface area contributed by atoms with Gasteiger partial charge in [-0.15, -0.1) is 0 Å². The molecule has 0 atom stereocenters. The molecule has 5 nitrogen and oxygen atoms in total. The van der Waals surface area contributed by atoms with Crippen LogP contribution in [0.25, 0.3) is 16.5 Å². The summed E-state index contributed by atoms with van der Waals surface area (Å²) in [4.78, 5) is 13.7. The van der Waals surface area contributed by atoms with Gasteiger partial charge in [-0.25, -0.2) is 0 Å².